The summed E-state index contributed by atoms with van der Waals surface area (Å²) in [5.41, 5.74) is 0. The lowest BCUT2D eigenvalue weighted by Crippen LogP contribution is -2.45. The van der Waals surface area contributed by atoms with Gasteiger partial charge in [-0.25, -0.2) is 0 Å². The summed E-state index contributed by atoms with van der Waals surface area (Å²) in [6.07, 6.45) is 55.0. The van der Waals surface area contributed by atoms with Crippen LogP contribution in [0.15, 0.2) is 85.1 Å². The number of unbranched alkanes of at least 4 members (excludes halogenated alkanes) is 12. The first kappa shape index (κ1) is 44.6. The fourth-order valence-electron chi connectivity index (χ4n) is 5.23. The molecule has 0 aliphatic heterocycles. The lowest BCUT2D eigenvalue weighted by Gasteiger charge is -2.22. The summed E-state index contributed by atoms with van der Waals surface area (Å²) in [4.78, 5) is 12.3. The minimum atomic E-state index is -0.687. The summed E-state index contributed by atoms with van der Waals surface area (Å²) >= 11 is 0. The number of aliphatic hydroxyl groups is 2. The zero-order valence-electron chi connectivity index (χ0n) is 30.5. The Hall–Kier alpha value is -2.43. The molecule has 268 valence electrons. The average Bonchev–Trinajstić information content (AvgIpc) is 3.07. The quantitative estimate of drug-likeness (QED) is 0.0488. The third-order valence-electron chi connectivity index (χ3n) is 8.17. The SMILES string of the molecule is CC/C=C\C/C=C\C/C=C\C/C=C\C/C=C\C/C=C\C/C=C\CCCC(=O)NC(CO)C(O)CCCCCCCCCCCCCC. The monoisotopic (exact) mass is 652 g/mol. The molecule has 3 N–H and O–H groups in total. The molecule has 0 heterocycles. The standard InChI is InChI=1S/C43H73NO3/c1-3-5-7-9-11-13-15-17-18-19-20-21-22-23-24-25-26-27-29-31-33-35-37-39-43(47)44-41(40-45)42(46)38-36-34-32-30-28-16-14-12-10-8-6-4-2/h5,7,11,13,17-18,20-21,23-24,26-27,31,33,41-42,45-46H,3-4,6,8-10,12,14-16,19,22,25,28-30,32,34-40H2,1-2H3,(H,44,47)/b7-5-,13-11-,18-17-,21-20-,24-23-,27-26-,33-31-. The highest BCUT2D eigenvalue weighted by Gasteiger charge is 2.19. The van der Waals surface area contributed by atoms with Crippen LogP contribution in [0.25, 0.3) is 0 Å². The lowest BCUT2D eigenvalue weighted by atomic mass is 10.0. The highest BCUT2D eigenvalue weighted by atomic mass is 16.3. The van der Waals surface area contributed by atoms with Gasteiger partial charge in [0.2, 0.25) is 5.91 Å². The van der Waals surface area contributed by atoms with Gasteiger partial charge in [0.25, 0.3) is 0 Å². The molecular formula is C43H73NO3. The predicted molar refractivity (Wildman–Crippen MR) is 207 cm³/mol. The van der Waals surface area contributed by atoms with Gasteiger partial charge in [0.15, 0.2) is 0 Å². The number of nitrogens with one attached hydrogen (secondary N) is 1. The normalized spacial score (nSPS) is 14.0. The van der Waals surface area contributed by atoms with E-state index in [4.69, 9.17) is 0 Å². The zero-order valence-corrected chi connectivity index (χ0v) is 30.5. The second-order valence-electron chi connectivity index (χ2n) is 12.6. The molecule has 0 radical (unpaired) electrons. The molecule has 4 heteroatoms. The lowest BCUT2D eigenvalue weighted by molar-refractivity contribution is -0.123. The van der Waals surface area contributed by atoms with Gasteiger partial charge in [-0.05, 0) is 64.2 Å². The molecule has 0 saturated heterocycles. The van der Waals surface area contributed by atoms with Gasteiger partial charge in [-0.3, -0.25) is 4.79 Å². The fraction of sp³-hybridized carbons (Fsp3) is 0.651. The van der Waals surface area contributed by atoms with Crippen molar-refractivity contribution in [2.75, 3.05) is 6.61 Å². The van der Waals surface area contributed by atoms with Crippen molar-refractivity contribution in [3.8, 4) is 0 Å². The molecule has 0 rings (SSSR count). The number of rotatable bonds is 33. The first-order chi connectivity index (χ1) is 23.2. The molecule has 1 amide bonds. The van der Waals surface area contributed by atoms with E-state index in [1.165, 1.54) is 64.2 Å². The molecule has 0 aromatic carbocycles. The first-order valence-electron chi connectivity index (χ1n) is 19.3. The van der Waals surface area contributed by atoms with Crippen LogP contribution >= 0.6 is 0 Å². The van der Waals surface area contributed by atoms with Gasteiger partial charge in [-0.2, -0.15) is 0 Å². The maximum Gasteiger partial charge on any atom is 0.220 e. The number of hydrogen-bond acceptors (Lipinski definition) is 3. The van der Waals surface area contributed by atoms with Crippen LogP contribution in [-0.4, -0.2) is 34.9 Å². The minimum Gasteiger partial charge on any atom is -0.394 e. The summed E-state index contributed by atoms with van der Waals surface area (Å²) in [7, 11) is 0. The van der Waals surface area contributed by atoms with Crippen molar-refractivity contribution in [3.63, 3.8) is 0 Å². The van der Waals surface area contributed by atoms with Crippen molar-refractivity contribution in [1.29, 1.82) is 0 Å². The van der Waals surface area contributed by atoms with Gasteiger partial charge in [-0.1, -0.05) is 176 Å². The van der Waals surface area contributed by atoms with Crippen LogP contribution in [0.1, 0.15) is 162 Å². The van der Waals surface area contributed by atoms with Gasteiger partial charge in [0, 0.05) is 6.42 Å². The second kappa shape index (κ2) is 38.0. The minimum absolute atomic E-state index is 0.0943. The highest BCUT2D eigenvalue weighted by Crippen LogP contribution is 2.14. The number of amides is 1. The zero-order chi connectivity index (χ0) is 34.3. The Labute approximate surface area is 291 Å². The molecule has 2 unspecified atom stereocenters. The van der Waals surface area contributed by atoms with Crippen molar-refractivity contribution >= 4 is 5.91 Å². The number of carbonyl (C=O) groups excluding carboxylic acids is 1. The van der Waals surface area contributed by atoms with Crippen LogP contribution in [-0.2, 0) is 4.79 Å². The van der Waals surface area contributed by atoms with E-state index in [1.54, 1.807) is 0 Å². The highest BCUT2D eigenvalue weighted by molar-refractivity contribution is 5.76. The van der Waals surface area contributed by atoms with E-state index in [0.29, 0.717) is 12.8 Å². The van der Waals surface area contributed by atoms with Crippen molar-refractivity contribution in [1.82, 2.24) is 5.32 Å². The van der Waals surface area contributed by atoms with E-state index in [-0.39, 0.29) is 12.5 Å². The molecule has 0 spiro atoms. The van der Waals surface area contributed by atoms with E-state index in [2.05, 4.69) is 104 Å². The van der Waals surface area contributed by atoms with Gasteiger partial charge in [-0.15, -0.1) is 0 Å². The van der Waals surface area contributed by atoms with Crippen molar-refractivity contribution in [2.24, 2.45) is 0 Å². The van der Waals surface area contributed by atoms with Crippen molar-refractivity contribution in [2.45, 2.75) is 174 Å². The molecule has 0 aliphatic rings. The summed E-state index contributed by atoms with van der Waals surface area (Å²) in [5, 5.41) is 23.0. The number of allylic oxidation sites excluding steroid dienone is 14. The molecule has 47 heavy (non-hydrogen) atoms. The van der Waals surface area contributed by atoms with Crippen molar-refractivity contribution < 1.29 is 15.0 Å². The Kier molecular flexibility index (Phi) is 36.1. The Bertz CT molecular complexity index is 879. The van der Waals surface area contributed by atoms with E-state index in [9.17, 15) is 15.0 Å². The fourth-order valence-corrected chi connectivity index (χ4v) is 5.23. The molecule has 0 saturated carbocycles. The maximum atomic E-state index is 12.3. The molecule has 0 aliphatic carbocycles. The van der Waals surface area contributed by atoms with E-state index >= 15 is 0 Å². The number of hydrogen-bond donors (Lipinski definition) is 3. The topological polar surface area (TPSA) is 69.6 Å². The third-order valence-corrected chi connectivity index (χ3v) is 8.17. The van der Waals surface area contributed by atoms with Crippen LogP contribution in [0.5, 0.6) is 0 Å². The largest absolute Gasteiger partial charge is 0.394 e. The summed E-state index contributed by atoms with van der Waals surface area (Å²) in [5.74, 6) is -0.0943. The molecule has 0 aromatic heterocycles. The third kappa shape index (κ3) is 34.7. The summed E-state index contributed by atoms with van der Waals surface area (Å²) in [6, 6.07) is -0.571. The number of carbonyl (C=O) groups is 1. The summed E-state index contributed by atoms with van der Waals surface area (Å²) in [6.45, 7) is 4.19. The molecule has 0 aromatic rings. The molecular weight excluding hydrogens is 578 g/mol. The van der Waals surface area contributed by atoms with Crippen LogP contribution < -0.4 is 5.32 Å². The molecule has 0 fully saturated rings. The van der Waals surface area contributed by atoms with Crippen molar-refractivity contribution in [3.05, 3.63) is 85.1 Å². The molecule has 2 atom stereocenters. The van der Waals surface area contributed by atoms with Crippen LogP contribution in [0.4, 0.5) is 0 Å². The Morgan fingerprint density at radius 2 is 0.915 bits per heavy atom. The smallest absolute Gasteiger partial charge is 0.220 e. The molecule has 4 nitrogen and oxygen atoms in total. The van der Waals surface area contributed by atoms with Gasteiger partial charge >= 0.3 is 0 Å². The second-order valence-corrected chi connectivity index (χ2v) is 12.6. The van der Waals surface area contributed by atoms with E-state index in [0.717, 1.165) is 70.6 Å². The van der Waals surface area contributed by atoms with Gasteiger partial charge in [0.1, 0.15) is 0 Å². The average molecular weight is 652 g/mol. The number of aliphatic hydroxyl groups excluding tert-OH is 2. The van der Waals surface area contributed by atoms with Crippen LogP contribution in [0.2, 0.25) is 0 Å². The van der Waals surface area contributed by atoms with E-state index in [1.807, 2.05) is 0 Å². The Balaban J connectivity index is 3.75. The van der Waals surface area contributed by atoms with Crippen LogP contribution in [0, 0.1) is 0 Å². The predicted octanol–water partition coefficient (Wildman–Crippen LogP) is 11.7. The first-order valence-corrected chi connectivity index (χ1v) is 19.3. The van der Waals surface area contributed by atoms with Gasteiger partial charge in [0.05, 0.1) is 18.8 Å². The van der Waals surface area contributed by atoms with E-state index < -0.39 is 12.1 Å². The Morgan fingerprint density at radius 3 is 1.32 bits per heavy atom. The molecule has 0 bridgehead atoms. The maximum absolute atomic E-state index is 12.3. The van der Waals surface area contributed by atoms with Crippen LogP contribution in [0.3, 0.4) is 0 Å². The Morgan fingerprint density at radius 1 is 0.532 bits per heavy atom. The van der Waals surface area contributed by atoms with Gasteiger partial charge < -0.3 is 15.5 Å². The summed E-state index contributed by atoms with van der Waals surface area (Å²) < 4.78 is 0.